The summed E-state index contributed by atoms with van der Waals surface area (Å²) in [6.07, 6.45) is 3.70. The predicted octanol–water partition coefficient (Wildman–Crippen LogP) is 1.94. The van der Waals surface area contributed by atoms with E-state index in [0.29, 0.717) is 34.9 Å². The van der Waals surface area contributed by atoms with Crippen LogP contribution in [0.2, 0.25) is 5.15 Å². The Hall–Kier alpha value is -2.73. The molecule has 0 fully saturated rings. The smallest absolute Gasteiger partial charge is 0.263 e. The summed E-state index contributed by atoms with van der Waals surface area (Å²) in [4.78, 5) is 35.4. The Kier molecular flexibility index (Phi) is 3.54. The van der Waals surface area contributed by atoms with Crippen LogP contribution < -0.4 is 5.56 Å². The first kappa shape index (κ1) is 14.8. The summed E-state index contributed by atoms with van der Waals surface area (Å²) in [5, 5.41) is 0.337. The maximum atomic E-state index is 12.7. The fourth-order valence-corrected chi connectivity index (χ4v) is 3.02. The van der Waals surface area contributed by atoms with Gasteiger partial charge in [0.2, 0.25) is 0 Å². The highest BCUT2D eigenvalue weighted by atomic mass is 35.5. The Balaban J connectivity index is 1.70. The molecule has 0 saturated carbocycles. The first-order chi connectivity index (χ1) is 11.6. The molecule has 0 bridgehead atoms. The van der Waals surface area contributed by atoms with Crippen molar-refractivity contribution in [3.63, 3.8) is 0 Å². The molecule has 3 aromatic heterocycles. The second kappa shape index (κ2) is 5.72. The summed E-state index contributed by atoms with van der Waals surface area (Å²) >= 11 is 5.76. The Labute approximate surface area is 142 Å². The molecule has 4 heterocycles. The molecule has 24 heavy (non-hydrogen) atoms. The van der Waals surface area contributed by atoms with Gasteiger partial charge >= 0.3 is 0 Å². The number of rotatable bonds is 1. The second-order valence-corrected chi connectivity index (χ2v) is 6.00. The fraction of sp³-hybridized carbons (Fsp3) is 0.176. The number of halogens is 1. The van der Waals surface area contributed by atoms with E-state index in [1.807, 2.05) is 6.07 Å². The van der Waals surface area contributed by atoms with Gasteiger partial charge in [0.1, 0.15) is 10.8 Å². The van der Waals surface area contributed by atoms with Crippen LogP contribution in [0.5, 0.6) is 0 Å². The van der Waals surface area contributed by atoms with E-state index in [9.17, 15) is 9.59 Å². The van der Waals surface area contributed by atoms with E-state index < -0.39 is 0 Å². The minimum atomic E-state index is -0.164. The van der Waals surface area contributed by atoms with Crippen molar-refractivity contribution in [3.05, 3.63) is 75.1 Å². The molecule has 1 aliphatic rings. The van der Waals surface area contributed by atoms with Crippen LogP contribution >= 0.6 is 11.6 Å². The molecule has 6 nitrogen and oxygen atoms in total. The lowest BCUT2D eigenvalue weighted by Crippen LogP contribution is -2.40. The minimum Gasteiger partial charge on any atom is -0.334 e. The fourth-order valence-electron chi connectivity index (χ4n) is 2.91. The summed E-state index contributed by atoms with van der Waals surface area (Å²) in [5.74, 6) is -0.164. The van der Waals surface area contributed by atoms with Crippen molar-refractivity contribution in [3.8, 4) is 0 Å². The lowest BCUT2D eigenvalue weighted by Gasteiger charge is -2.28. The monoisotopic (exact) mass is 340 g/mol. The SMILES string of the molecule is O=C(c1ccc(Cl)nc1)N1CCc2nc3ccccn3c(=O)c2C1. The molecule has 120 valence electrons. The van der Waals surface area contributed by atoms with Crippen LogP contribution in [0, 0.1) is 0 Å². The molecular weight excluding hydrogens is 328 g/mol. The normalized spacial score (nSPS) is 13.8. The number of carbonyl (C=O) groups is 1. The van der Waals surface area contributed by atoms with Crippen molar-refractivity contribution in [2.24, 2.45) is 0 Å². The van der Waals surface area contributed by atoms with Crippen LogP contribution in [0.4, 0.5) is 0 Å². The molecule has 1 aliphatic heterocycles. The third-order valence-corrected chi connectivity index (χ3v) is 4.37. The Morgan fingerprint density at radius 3 is 2.88 bits per heavy atom. The van der Waals surface area contributed by atoms with Crippen molar-refractivity contribution in [2.45, 2.75) is 13.0 Å². The molecule has 0 saturated heterocycles. The van der Waals surface area contributed by atoms with Crippen molar-refractivity contribution in [1.82, 2.24) is 19.3 Å². The van der Waals surface area contributed by atoms with Gasteiger partial charge in [-0.05, 0) is 24.3 Å². The number of hydrogen-bond acceptors (Lipinski definition) is 4. The number of amides is 1. The highest BCUT2D eigenvalue weighted by Gasteiger charge is 2.25. The topological polar surface area (TPSA) is 67.6 Å². The molecule has 0 radical (unpaired) electrons. The number of nitrogens with zero attached hydrogens (tertiary/aromatic N) is 4. The standard InChI is InChI=1S/C17H13ClN4O2/c18-14-5-4-11(9-19-14)16(23)21-8-6-13-12(10-21)17(24)22-7-2-1-3-15(22)20-13/h1-5,7,9H,6,8,10H2. The minimum absolute atomic E-state index is 0.123. The Bertz CT molecular complexity index is 998. The summed E-state index contributed by atoms with van der Waals surface area (Å²) in [6.45, 7) is 0.768. The number of aromatic nitrogens is 3. The molecule has 0 aliphatic carbocycles. The van der Waals surface area contributed by atoms with Gasteiger partial charge in [-0.25, -0.2) is 9.97 Å². The largest absolute Gasteiger partial charge is 0.334 e. The van der Waals surface area contributed by atoms with E-state index >= 15 is 0 Å². The van der Waals surface area contributed by atoms with E-state index in [4.69, 9.17) is 11.6 Å². The summed E-state index contributed by atoms with van der Waals surface area (Å²) in [6, 6.07) is 8.65. The van der Waals surface area contributed by atoms with Crippen LogP contribution in [0.25, 0.3) is 5.65 Å². The highest BCUT2D eigenvalue weighted by Crippen LogP contribution is 2.17. The van der Waals surface area contributed by atoms with Gasteiger partial charge in [0.05, 0.1) is 23.4 Å². The maximum absolute atomic E-state index is 12.7. The van der Waals surface area contributed by atoms with Crippen LogP contribution in [0.15, 0.2) is 47.5 Å². The second-order valence-electron chi connectivity index (χ2n) is 5.62. The van der Waals surface area contributed by atoms with E-state index in [1.54, 1.807) is 35.4 Å². The molecule has 0 spiro atoms. The van der Waals surface area contributed by atoms with E-state index in [-0.39, 0.29) is 18.0 Å². The van der Waals surface area contributed by atoms with Crippen LogP contribution in [-0.4, -0.2) is 31.7 Å². The quantitative estimate of drug-likeness (QED) is 0.635. The number of fused-ring (bicyclic) bond motifs is 2. The maximum Gasteiger partial charge on any atom is 0.263 e. The predicted molar refractivity (Wildman–Crippen MR) is 89.2 cm³/mol. The van der Waals surface area contributed by atoms with Gasteiger partial charge in [-0.1, -0.05) is 17.7 Å². The van der Waals surface area contributed by atoms with Gasteiger partial charge in [0.15, 0.2) is 0 Å². The van der Waals surface area contributed by atoms with Gasteiger partial charge in [-0.15, -0.1) is 0 Å². The zero-order chi connectivity index (χ0) is 16.7. The molecule has 0 unspecified atom stereocenters. The van der Waals surface area contributed by atoms with Crippen molar-refractivity contribution in [1.29, 1.82) is 0 Å². The molecule has 3 aromatic rings. The average molecular weight is 341 g/mol. The Morgan fingerprint density at radius 2 is 2.08 bits per heavy atom. The van der Waals surface area contributed by atoms with E-state index in [2.05, 4.69) is 9.97 Å². The van der Waals surface area contributed by atoms with E-state index in [0.717, 1.165) is 5.69 Å². The number of hydrogen-bond donors (Lipinski definition) is 0. The van der Waals surface area contributed by atoms with Gasteiger partial charge in [-0.2, -0.15) is 0 Å². The van der Waals surface area contributed by atoms with Crippen molar-refractivity contribution >= 4 is 23.2 Å². The highest BCUT2D eigenvalue weighted by molar-refractivity contribution is 6.29. The third kappa shape index (κ3) is 2.45. The van der Waals surface area contributed by atoms with Crippen molar-refractivity contribution in [2.75, 3.05) is 6.54 Å². The van der Waals surface area contributed by atoms with Gasteiger partial charge < -0.3 is 4.90 Å². The molecular formula is C17H13ClN4O2. The van der Waals surface area contributed by atoms with Gasteiger partial charge in [0.25, 0.3) is 11.5 Å². The molecule has 4 rings (SSSR count). The van der Waals surface area contributed by atoms with Crippen LogP contribution in [0.1, 0.15) is 21.6 Å². The first-order valence-corrected chi connectivity index (χ1v) is 7.91. The summed E-state index contributed by atoms with van der Waals surface area (Å²) < 4.78 is 1.51. The zero-order valence-electron chi connectivity index (χ0n) is 12.6. The zero-order valence-corrected chi connectivity index (χ0v) is 13.4. The lowest BCUT2D eigenvalue weighted by atomic mass is 10.1. The molecule has 0 aromatic carbocycles. The number of carbonyl (C=O) groups excluding carboxylic acids is 1. The number of pyridine rings is 2. The van der Waals surface area contributed by atoms with Gasteiger partial charge in [0, 0.05) is 25.4 Å². The first-order valence-electron chi connectivity index (χ1n) is 7.53. The van der Waals surface area contributed by atoms with Crippen LogP contribution in [0.3, 0.4) is 0 Å². The van der Waals surface area contributed by atoms with E-state index in [1.165, 1.54) is 10.6 Å². The van der Waals surface area contributed by atoms with Crippen molar-refractivity contribution < 1.29 is 4.79 Å². The summed E-state index contributed by atoms with van der Waals surface area (Å²) in [7, 11) is 0. The van der Waals surface area contributed by atoms with Crippen LogP contribution in [-0.2, 0) is 13.0 Å². The molecule has 1 amide bonds. The molecule has 7 heteroatoms. The average Bonchev–Trinajstić information content (AvgIpc) is 2.62. The molecule has 0 N–H and O–H groups in total. The Morgan fingerprint density at radius 1 is 1.21 bits per heavy atom. The van der Waals surface area contributed by atoms with Gasteiger partial charge in [-0.3, -0.25) is 14.0 Å². The molecule has 0 atom stereocenters. The summed E-state index contributed by atoms with van der Waals surface area (Å²) in [5.41, 5.74) is 2.30. The third-order valence-electron chi connectivity index (χ3n) is 4.14. The lowest BCUT2D eigenvalue weighted by molar-refractivity contribution is 0.0732.